The van der Waals surface area contributed by atoms with E-state index in [9.17, 15) is 0 Å². The quantitative estimate of drug-likeness (QED) is 0.577. The van der Waals surface area contributed by atoms with Crippen LogP contribution in [0.5, 0.6) is 0 Å². The van der Waals surface area contributed by atoms with Crippen LogP contribution in [0.2, 0.25) is 0 Å². The first-order valence-electron chi connectivity index (χ1n) is 7.65. The van der Waals surface area contributed by atoms with Gasteiger partial charge in [-0.15, -0.1) is 0 Å². The molecule has 3 aromatic rings. The van der Waals surface area contributed by atoms with Crippen molar-refractivity contribution in [1.29, 1.82) is 0 Å². The fraction of sp³-hybridized carbons (Fsp3) is 0.143. The van der Waals surface area contributed by atoms with Gasteiger partial charge >= 0.3 is 0 Å². The van der Waals surface area contributed by atoms with E-state index >= 15 is 0 Å². The Morgan fingerprint density at radius 3 is 2.57 bits per heavy atom. The number of fused-ring (bicyclic) bond motifs is 2. The van der Waals surface area contributed by atoms with Gasteiger partial charge in [0.05, 0.1) is 0 Å². The standard InChI is InChI=1S/C21H18/c1-2-15-11-18-9-5-6-10-20(18)21(12-15)19-13-16-7-3-4-8-17(16)14-19/h3-13H,2,14H2,1H3. The van der Waals surface area contributed by atoms with Crippen LogP contribution in [0.1, 0.15) is 29.2 Å². The van der Waals surface area contributed by atoms with Gasteiger partial charge in [-0.2, -0.15) is 0 Å². The van der Waals surface area contributed by atoms with E-state index in [1.807, 2.05) is 0 Å². The van der Waals surface area contributed by atoms with Gasteiger partial charge in [0.15, 0.2) is 0 Å². The molecule has 0 heteroatoms. The largest absolute Gasteiger partial charge is 0.0619 e. The molecule has 4 rings (SSSR count). The van der Waals surface area contributed by atoms with Crippen molar-refractivity contribution in [3.8, 4) is 0 Å². The zero-order chi connectivity index (χ0) is 14.2. The van der Waals surface area contributed by atoms with Crippen molar-refractivity contribution in [3.05, 3.63) is 82.9 Å². The third kappa shape index (κ3) is 2.08. The molecular formula is C21H18. The number of hydrogen-bond acceptors (Lipinski definition) is 0. The normalized spacial score (nSPS) is 13.3. The molecule has 1 aliphatic carbocycles. The number of benzene rings is 3. The van der Waals surface area contributed by atoms with Gasteiger partial charge in [0.25, 0.3) is 0 Å². The molecular weight excluding hydrogens is 252 g/mol. The van der Waals surface area contributed by atoms with E-state index in [1.54, 1.807) is 0 Å². The average molecular weight is 270 g/mol. The highest BCUT2D eigenvalue weighted by atomic mass is 14.2. The van der Waals surface area contributed by atoms with Gasteiger partial charge in [-0.25, -0.2) is 0 Å². The lowest BCUT2D eigenvalue weighted by molar-refractivity contribution is 1.14. The predicted octanol–water partition coefficient (Wildman–Crippen LogP) is 5.50. The van der Waals surface area contributed by atoms with Gasteiger partial charge in [0, 0.05) is 0 Å². The maximum absolute atomic E-state index is 2.38. The first-order valence-corrected chi connectivity index (χ1v) is 7.65. The molecule has 0 saturated heterocycles. The number of allylic oxidation sites excluding steroid dienone is 1. The lowest BCUT2D eigenvalue weighted by Gasteiger charge is -2.10. The number of hydrogen-bond donors (Lipinski definition) is 0. The molecule has 0 aromatic heterocycles. The molecule has 0 amide bonds. The van der Waals surface area contributed by atoms with Crippen LogP contribution in [-0.2, 0) is 12.8 Å². The predicted molar refractivity (Wildman–Crippen MR) is 91.3 cm³/mol. The second kappa shape index (κ2) is 4.89. The molecule has 0 radical (unpaired) electrons. The molecule has 102 valence electrons. The van der Waals surface area contributed by atoms with Crippen LogP contribution in [0.25, 0.3) is 22.4 Å². The Bertz CT molecular complexity index is 853. The molecule has 0 heterocycles. The van der Waals surface area contributed by atoms with Crippen molar-refractivity contribution in [2.45, 2.75) is 19.8 Å². The molecule has 0 bridgehead atoms. The van der Waals surface area contributed by atoms with Crippen molar-refractivity contribution in [3.63, 3.8) is 0 Å². The Morgan fingerprint density at radius 1 is 0.905 bits per heavy atom. The Morgan fingerprint density at radius 2 is 1.71 bits per heavy atom. The average Bonchev–Trinajstić information content (AvgIpc) is 2.97. The molecule has 1 aliphatic rings. The Hall–Kier alpha value is -2.34. The Labute approximate surface area is 125 Å². The molecule has 0 aliphatic heterocycles. The van der Waals surface area contributed by atoms with Crippen LogP contribution in [-0.4, -0.2) is 0 Å². The first-order chi connectivity index (χ1) is 10.3. The molecule has 0 spiro atoms. The zero-order valence-corrected chi connectivity index (χ0v) is 12.3. The van der Waals surface area contributed by atoms with Crippen LogP contribution < -0.4 is 0 Å². The molecule has 0 atom stereocenters. The van der Waals surface area contributed by atoms with Gasteiger partial charge in [-0.05, 0) is 51.4 Å². The van der Waals surface area contributed by atoms with E-state index < -0.39 is 0 Å². The van der Waals surface area contributed by atoms with Crippen molar-refractivity contribution >= 4 is 22.4 Å². The van der Waals surface area contributed by atoms with Crippen LogP contribution in [0, 0.1) is 0 Å². The van der Waals surface area contributed by atoms with E-state index in [2.05, 4.69) is 73.7 Å². The van der Waals surface area contributed by atoms with E-state index in [-0.39, 0.29) is 0 Å². The molecule has 0 N–H and O–H groups in total. The van der Waals surface area contributed by atoms with Crippen molar-refractivity contribution in [2.75, 3.05) is 0 Å². The van der Waals surface area contributed by atoms with E-state index in [0.717, 1.165) is 12.8 Å². The highest BCUT2D eigenvalue weighted by Gasteiger charge is 2.15. The summed E-state index contributed by atoms with van der Waals surface area (Å²) in [5.74, 6) is 0. The fourth-order valence-electron chi connectivity index (χ4n) is 3.30. The summed E-state index contributed by atoms with van der Waals surface area (Å²) >= 11 is 0. The third-order valence-electron chi connectivity index (χ3n) is 4.44. The van der Waals surface area contributed by atoms with Gasteiger partial charge in [-0.3, -0.25) is 0 Å². The first kappa shape index (κ1) is 12.4. The second-order valence-corrected chi connectivity index (χ2v) is 5.76. The van der Waals surface area contributed by atoms with E-state index in [4.69, 9.17) is 0 Å². The molecule has 0 saturated carbocycles. The highest BCUT2D eigenvalue weighted by Crippen LogP contribution is 2.35. The topological polar surface area (TPSA) is 0 Å². The minimum Gasteiger partial charge on any atom is -0.0619 e. The van der Waals surface area contributed by atoms with Crippen molar-refractivity contribution < 1.29 is 0 Å². The molecule has 0 fully saturated rings. The van der Waals surface area contributed by atoms with Gasteiger partial charge in [0.2, 0.25) is 0 Å². The van der Waals surface area contributed by atoms with Crippen LogP contribution in [0.3, 0.4) is 0 Å². The summed E-state index contributed by atoms with van der Waals surface area (Å²) in [6, 6.07) is 22.1. The summed E-state index contributed by atoms with van der Waals surface area (Å²) < 4.78 is 0. The maximum Gasteiger partial charge on any atom is -0.00135 e. The summed E-state index contributed by atoms with van der Waals surface area (Å²) in [4.78, 5) is 0. The van der Waals surface area contributed by atoms with Crippen molar-refractivity contribution in [1.82, 2.24) is 0 Å². The molecule has 0 nitrogen and oxygen atoms in total. The molecule has 21 heavy (non-hydrogen) atoms. The highest BCUT2D eigenvalue weighted by molar-refractivity contribution is 6.00. The Balaban J connectivity index is 1.92. The summed E-state index contributed by atoms with van der Waals surface area (Å²) in [5, 5.41) is 2.72. The minimum absolute atomic E-state index is 1.05. The van der Waals surface area contributed by atoms with Crippen LogP contribution in [0.4, 0.5) is 0 Å². The maximum atomic E-state index is 2.38. The number of aryl methyl sites for hydroxylation is 1. The van der Waals surface area contributed by atoms with Crippen molar-refractivity contribution in [2.24, 2.45) is 0 Å². The van der Waals surface area contributed by atoms with Gasteiger partial charge in [-0.1, -0.05) is 73.7 Å². The molecule has 3 aromatic carbocycles. The van der Waals surface area contributed by atoms with Crippen LogP contribution in [0.15, 0.2) is 60.7 Å². The number of rotatable bonds is 2. The van der Waals surface area contributed by atoms with Gasteiger partial charge in [0.1, 0.15) is 0 Å². The van der Waals surface area contributed by atoms with E-state index in [1.165, 1.54) is 38.6 Å². The summed E-state index contributed by atoms with van der Waals surface area (Å²) in [5.41, 5.74) is 7.08. The van der Waals surface area contributed by atoms with Gasteiger partial charge < -0.3 is 0 Å². The Kier molecular flexibility index (Phi) is 2.89. The lowest BCUT2D eigenvalue weighted by atomic mass is 9.94. The summed E-state index contributed by atoms with van der Waals surface area (Å²) in [7, 11) is 0. The fourth-order valence-corrected chi connectivity index (χ4v) is 3.30. The third-order valence-corrected chi connectivity index (χ3v) is 4.44. The zero-order valence-electron chi connectivity index (χ0n) is 12.3. The summed E-state index contributed by atoms with van der Waals surface area (Å²) in [6.45, 7) is 2.23. The summed E-state index contributed by atoms with van der Waals surface area (Å²) in [6.07, 6.45) is 4.49. The SMILES string of the molecule is CCc1cc(C2=Cc3ccccc3C2)c2ccccc2c1. The van der Waals surface area contributed by atoms with E-state index in [0.29, 0.717) is 0 Å². The second-order valence-electron chi connectivity index (χ2n) is 5.76. The minimum atomic E-state index is 1.05. The lowest BCUT2D eigenvalue weighted by Crippen LogP contribution is -1.91. The monoisotopic (exact) mass is 270 g/mol. The molecule has 0 unspecified atom stereocenters. The van der Waals surface area contributed by atoms with Crippen LogP contribution >= 0.6 is 0 Å². The smallest absolute Gasteiger partial charge is 0.00135 e.